The maximum Gasteiger partial charge on any atom is 0.295 e. The van der Waals surface area contributed by atoms with E-state index in [9.17, 15) is 14.7 Å². The third-order valence-electron chi connectivity index (χ3n) is 5.40. The number of hydrogen-bond acceptors (Lipinski definition) is 6. The Hall–Kier alpha value is -3.03. The van der Waals surface area contributed by atoms with Gasteiger partial charge in [0.2, 0.25) is 0 Å². The molecular weight excluding hydrogens is 432 g/mol. The Balaban J connectivity index is 2.16. The molecule has 2 aromatic carbocycles. The molecule has 0 saturated carbocycles. The van der Waals surface area contributed by atoms with Crippen LogP contribution in [0.2, 0.25) is 5.02 Å². The van der Waals surface area contributed by atoms with Crippen LogP contribution < -0.4 is 9.47 Å². The van der Waals surface area contributed by atoms with Gasteiger partial charge in [-0.3, -0.25) is 9.59 Å². The highest BCUT2D eigenvalue weighted by Gasteiger charge is 2.46. The molecule has 1 atom stereocenters. The van der Waals surface area contributed by atoms with Crippen LogP contribution in [-0.4, -0.2) is 68.0 Å². The number of methoxy groups -OCH3 is 2. The topological polar surface area (TPSA) is 79.3 Å². The van der Waals surface area contributed by atoms with Crippen LogP contribution in [0, 0.1) is 0 Å². The van der Waals surface area contributed by atoms with Gasteiger partial charge in [0.15, 0.2) is 0 Å². The van der Waals surface area contributed by atoms with Crippen molar-refractivity contribution in [3.63, 3.8) is 0 Å². The van der Waals surface area contributed by atoms with E-state index in [1.54, 1.807) is 49.6 Å². The molecule has 0 spiro atoms. The van der Waals surface area contributed by atoms with Crippen molar-refractivity contribution in [3.8, 4) is 11.5 Å². The van der Waals surface area contributed by atoms with Crippen molar-refractivity contribution >= 4 is 29.1 Å². The second-order valence-electron chi connectivity index (χ2n) is 7.76. The molecule has 170 valence electrons. The summed E-state index contributed by atoms with van der Waals surface area (Å²) in [7, 11) is 6.94. The third-order valence-corrected chi connectivity index (χ3v) is 5.65. The standard InChI is InChI=1S/C24H27ClN2O5/c1-26(2)12-5-13-27-21(18-11-10-17(31-3)14-19(18)32-4)20(23(29)24(27)30)22(28)15-6-8-16(25)9-7-15/h6-11,14,21,28H,5,12-13H2,1-4H3/t21-/m1/s1. The van der Waals surface area contributed by atoms with E-state index in [4.69, 9.17) is 21.1 Å². The summed E-state index contributed by atoms with van der Waals surface area (Å²) < 4.78 is 10.8. The van der Waals surface area contributed by atoms with Crippen LogP contribution in [0.3, 0.4) is 0 Å². The number of halogens is 1. The second-order valence-corrected chi connectivity index (χ2v) is 8.20. The van der Waals surface area contributed by atoms with Crippen molar-refractivity contribution < 1.29 is 24.2 Å². The molecule has 0 bridgehead atoms. The van der Waals surface area contributed by atoms with Gasteiger partial charge in [0.05, 0.1) is 25.8 Å². The first-order chi connectivity index (χ1) is 15.3. The summed E-state index contributed by atoms with van der Waals surface area (Å²) in [4.78, 5) is 29.6. The SMILES string of the molecule is COc1ccc([C@@H]2C(=C(O)c3ccc(Cl)cc3)C(=O)C(=O)N2CCCN(C)C)c(OC)c1. The lowest BCUT2D eigenvalue weighted by Crippen LogP contribution is -2.32. The lowest BCUT2D eigenvalue weighted by Gasteiger charge is -2.27. The van der Waals surface area contributed by atoms with Crippen LogP contribution in [0.1, 0.15) is 23.6 Å². The first kappa shape index (κ1) is 23.6. The van der Waals surface area contributed by atoms with Crippen molar-refractivity contribution in [2.75, 3.05) is 41.4 Å². The van der Waals surface area contributed by atoms with Crippen molar-refractivity contribution in [2.24, 2.45) is 0 Å². The highest BCUT2D eigenvalue weighted by atomic mass is 35.5. The van der Waals surface area contributed by atoms with Crippen LogP contribution in [0.5, 0.6) is 11.5 Å². The summed E-state index contributed by atoms with van der Waals surface area (Å²) in [5, 5.41) is 11.6. The fraction of sp³-hybridized carbons (Fsp3) is 0.333. The van der Waals surface area contributed by atoms with Gasteiger partial charge >= 0.3 is 0 Å². The molecule has 1 aliphatic rings. The highest BCUT2D eigenvalue weighted by molar-refractivity contribution is 6.46. The van der Waals surface area contributed by atoms with E-state index in [1.165, 1.54) is 12.0 Å². The lowest BCUT2D eigenvalue weighted by atomic mass is 9.94. The Morgan fingerprint density at radius 2 is 1.78 bits per heavy atom. The van der Waals surface area contributed by atoms with E-state index in [-0.39, 0.29) is 11.3 Å². The number of ether oxygens (including phenoxy) is 2. The molecule has 0 radical (unpaired) electrons. The molecule has 2 aromatic rings. The van der Waals surface area contributed by atoms with Gasteiger partial charge in [0.1, 0.15) is 17.3 Å². The Bertz CT molecular complexity index is 1030. The van der Waals surface area contributed by atoms with Crippen molar-refractivity contribution in [1.82, 2.24) is 9.80 Å². The number of carbonyl (C=O) groups excluding carboxylic acids is 2. The number of rotatable bonds is 8. The van der Waals surface area contributed by atoms with Gasteiger partial charge in [-0.25, -0.2) is 0 Å². The van der Waals surface area contributed by atoms with Gasteiger partial charge in [-0.15, -0.1) is 0 Å². The zero-order valence-corrected chi connectivity index (χ0v) is 19.3. The maximum atomic E-state index is 13.1. The zero-order valence-electron chi connectivity index (χ0n) is 18.6. The van der Waals surface area contributed by atoms with E-state index in [0.717, 1.165) is 6.54 Å². The number of carbonyl (C=O) groups is 2. The molecule has 0 aliphatic carbocycles. The first-order valence-electron chi connectivity index (χ1n) is 10.2. The summed E-state index contributed by atoms with van der Waals surface area (Å²) in [5.74, 6) is -0.603. The predicted molar refractivity (Wildman–Crippen MR) is 123 cm³/mol. The summed E-state index contributed by atoms with van der Waals surface area (Å²) in [6.07, 6.45) is 0.663. The second kappa shape index (κ2) is 10.1. The van der Waals surface area contributed by atoms with Crippen molar-refractivity contribution in [3.05, 3.63) is 64.2 Å². The van der Waals surface area contributed by atoms with E-state index >= 15 is 0 Å². The molecule has 32 heavy (non-hydrogen) atoms. The lowest BCUT2D eigenvalue weighted by molar-refractivity contribution is -0.140. The number of benzene rings is 2. The monoisotopic (exact) mass is 458 g/mol. The molecule has 1 N–H and O–H groups in total. The molecule has 8 heteroatoms. The van der Waals surface area contributed by atoms with Crippen molar-refractivity contribution in [1.29, 1.82) is 0 Å². The number of Topliss-reactive ketones (excluding diaryl/α,β-unsaturated/α-hetero) is 1. The van der Waals surface area contributed by atoms with Gasteiger partial charge in [0.25, 0.3) is 11.7 Å². The molecule has 7 nitrogen and oxygen atoms in total. The number of likely N-dealkylation sites (tertiary alicyclic amines) is 1. The number of hydrogen-bond donors (Lipinski definition) is 1. The molecule has 1 amide bonds. The molecule has 1 fully saturated rings. The van der Waals surface area contributed by atoms with Crippen LogP contribution in [0.15, 0.2) is 48.0 Å². The minimum atomic E-state index is -0.798. The van der Waals surface area contributed by atoms with E-state index < -0.39 is 17.7 Å². The minimum Gasteiger partial charge on any atom is -0.507 e. The van der Waals surface area contributed by atoms with E-state index in [1.807, 2.05) is 19.0 Å². The molecule has 0 aromatic heterocycles. The third kappa shape index (κ3) is 4.74. The van der Waals surface area contributed by atoms with Crippen LogP contribution in [0.25, 0.3) is 5.76 Å². The van der Waals surface area contributed by atoms with Gasteiger partial charge in [0, 0.05) is 28.8 Å². The Kier molecular flexibility index (Phi) is 7.43. The van der Waals surface area contributed by atoms with Crippen LogP contribution in [0.4, 0.5) is 0 Å². The van der Waals surface area contributed by atoms with Crippen LogP contribution in [-0.2, 0) is 9.59 Å². The molecule has 0 unspecified atom stereocenters. The maximum absolute atomic E-state index is 13.1. The minimum absolute atomic E-state index is 0.0191. The highest BCUT2D eigenvalue weighted by Crippen LogP contribution is 2.43. The van der Waals surface area contributed by atoms with Gasteiger partial charge < -0.3 is 24.4 Å². The number of ketones is 1. The summed E-state index contributed by atoms with van der Waals surface area (Å²) >= 11 is 5.97. The Labute approximate surface area is 192 Å². The Morgan fingerprint density at radius 3 is 2.38 bits per heavy atom. The summed E-state index contributed by atoms with van der Waals surface area (Å²) in [5.41, 5.74) is 1.01. The van der Waals surface area contributed by atoms with Crippen LogP contribution >= 0.6 is 11.6 Å². The quantitative estimate of drug-likeness (QED) is 0.369. The fourth-order valence-corrected chi connectivity index (χ4v) is 3.92. The van der Waals surface area contributed by atoms with Gasteiger partial charge in [-0.2, -0.15) is 0 Å². The smallest absolute Gasteiger partial charge is 0.295 e. The molecule has 3 rings (SSSR count). The Morgan fingerprint density at radius 1 is 1.09 bits per heavy atom. The molecule has 1 heterocycles. The molecule has 1 aliphatic heterocycles. The van der Waals surface area contributed by atoms with E-state index in [0.29, 0.717) is 40.6 Å². The van der Waals surface area contributed by atoms with E-state index in [2.05, 4.69) is 0 Å². The number of aliphatic hydroxyl groups is 1. The normalized spacial score (nSPS) is 17.8. The molecular formula is C24H27ClN2O5. The summed E-state index contributed by atoms with van der Waals surface area (Å²) in [6.45, 7) is 1.09. The molecule has 1 saturated heterocycles. The number of nitrogens with zero attached hydrogens (tertiary/aromatic N) is 2. The average Bonchev–Trinajstić information content (AvgIpc) is 3.03. The van der Waals surface area contributed by atoms with Crippen molar-refractivity contribution in [2.45, 2.75) is 12.5 Å². The predicted octanol–water partition coefficient (Wildman–Crippen LogP) is 3.73. The van der Waals surface area contributed by atoms with Gasteiger partial charge in [-0.1, -0.05) is 11.6 Å². The largest absolute Gasteiger partial charge is 0.507 e. The van der Waals surface area contributed by atoms with Gasteiger partial charge in [-0.05, 0) is 63.5 Å². The first-order valence-corrected chi connectivity index (χ1v) is 10.6. The summed E-state index contributed by atoms with van der Waals surface area (Å²) in [6, 6.07) is 10.8. The average molecular weight is 459 g/mol. The zero-order chi connectivity index (χ0) is 23.4. The number of amides is 1. The number of aliphatic hydroxyl groups excluding tert-OH is 1. The fourth-order valence-electron chi connectivity index (χ4n) is 3.80.